The number of carbonyl (C=O) groups is 4. The Bertz CT molecular complexity index is 1150. The molecule has 0 fully saturated rings. The molecule has 0 spiro atoms. The van der Waals surface area contributed by atoms with Gasteiger partial charge in [-0.05, 0) is 36.4 Å². The third kappa shape index (κ3) is 5.34. The molecule has 0 radical (unpaired) electrons. The minimum Gasteiger partial charge on any atom is -0.489 e. The smallest absolute Gasteiger partial charge is 0.416 e. The normalized spacial score (nSPS) is 13.0. The number of nitrogens with zero attached hydrogens (tertiary/aromatic N) is 1. The number of amides is 3. The molecule has 0 saturated heterocycles. The third-order valence-corrected chi connectivity index (χ3v) is 4.79. The fourth-order valence-corrected chi connectivity index (χ4v) is 3.05. The van der Waals surface area contributed by atoms with Crippen molar-refractivity contribution in [3.05, 3.63) is 58.7 Å². The number of anilines is 1. The Morgan fingerprint density at radius 1 is 1.00 bits per heavy atom. The Hall–Kier alpha value is -3.93. The van der Waals surface area contributed by atoms with Gasteiger partial charge in [0.1, 0.15) is 12.4 Å². The van der Waals surface area contributed by atoms with E-state index in [1.165, 1.54) is 32.4 Å². The number of halogens is 3. The van der Waals surface area contributed by atoms with Crippen molar-refractivity contribution in [2.75, 3.05) is 39.3 Å². The van der Waals surface area contributed by atoms with Gasteiger partial charge in [0.2, 0.25) is 0 Å². The average molecular weight is 480 g/mol. The highest BCUT2D eigenvalue weighted by Gasteiger charge is 2.34. The lowest BCUT2D eigenvalue weighted by atomic mass is 10.1. The van der Waals surface area contributed by atoms with Crippen LogP contribution >= 0.6 is 0 Å². The number of benzene rings is 2. The summed E-state index contributed by atoms with van der Waals surface area (Å²) in [6, 6.07) is 6.28. The molecule has 0 bridgehead atoms. The minimum absolute atomic E-state index is 0.0215. The number of ether oxygens (including phenoxy) is 3. The summed E-state index contributed by atoms with van der Waals surface area (Å²) < 4.78 is 54.3. The summed E-state index contributed by atoms with van der Waals surface area (Å²) >= 11 is 0. The Balaban J connectivity index is 1.68. The number of fused-ring (bicyclic) bond motifs is 1. The molecule has 1 heterocycles. The van der Waals surface area contributed by atoms with Crippen LogP contribution in [0.4, 0.5) is 18.9 Å². The standard InChI is InChI=1S/C22H19F3N2O7/c1-27-19(29)14-5-3-12(9-15(14)20(27)30)21(31)34-11-18(28)26-16-10-13(22(23,24)25)4-6-17(16)33-8-7-32-2/h3-6,9-10H,7-8,11H2,1-2H3,(H,26,28). The zero-order chi connectivity index (χ0) is 25.0. The van der Waals surface area contributed by atoms with E-state index >= 15 is 0 Å². The van der Waals surface area contributed by atoms with Crippen LogP contribution in [-0.4, -0.2) is 62.6 Å². The van der Waals surface area contributed by atoms with Crippen LogP contribution in [0.3, 0.4) is 0 Å². The van der Waals surface area contributed by atoms with Crippen molar-refractivity contribution in [1.29, 1.82) is 0 Å². The van der Waals surface area contributed by atoms with E-state index in [4.69, 9.17) is 14.2 Å². The van der Waals surface area contributed by atoms with Gasteiger partial charge >= 0.3 is 12.1 Å². The molecule has 1 aliphatic heterocycles. The van der Waals surface area contributed by atoms with Gasteiger partial charge in [-0.2, -0.15) is 13.2 Å². The zero-order valence-electron chi connectivity index (χ0n) is 18.0. The number of methoxy groups -OCH3 is 1. The van der Waals surface area contributed by atoms with Gasteiger partial charge in [-0.3, -0.25) is 19.3 Å². The van der Waals surface area contributed by atoms with Crippen LogP contribution in [0.2, 0.25) is 0 Å². The van der Waals surface area contributed by atoms with Gasteiger partial charge in [-0.15, -0.1) is 0 Å². The molecule has 0 atom stereocenters. The molecule has 34 heavy (non-hydrogen) atoms. The lowest BCUT2D eigenvalue weighted by Gasteiger charge is -2.15. The number of carbonyl (C=O) groups excluding carboxylic acids is 4. The highest BCUT2D eigenvalue weighted by atomic mass is 19.4. The van der Waals surface area contributed by atoms with Gasteiger partial charge in [0.05, 0.1) is 34.5 Å². The van der Waals surface area contributed by atoms with Crippen LogP contribution < -0.4 is 10.1 Å². The molecular formula is C22H19F3N2O7. The second-order valence-corrected chi connectivity index (χ2v) is 7.10. The first-order chi connectivity index (χ1) is 16.0. The molecule has 180 valence electrons. The molecule has 0 saturated carbocycles. The summed E-state index contributed by atoms with van der Waals surface area (Å²) in [7, 11) is 2.72. The van der Waals surface area contributed by atoms with E-state index < -0.39 is 42.0 Å². The lowest BCUT2D eigenvalue weighted by molar-refractivity contribution is -0.137. The van der Waals surface area contributed by atoms with Crippen LogP contribution in [0, 0.1) is 0 Å². The number of hydrogen-bond donors (Lipinski definition) is 1. The van der Waals surface area contributed by atoms with Crippen LogP contribution in [0.5, 0.6) is 5.75 Å². The zero-order valence-corrected chi connectivity index (χ0v) is 18.0. The lowest BCUT2D eigenvalue weighted by Crippen LogP contribution is -2.24. The molecule has 1 aliphatic rings. The summed E-state index contributed by atoms with van der Waals surface area (Å²) in [6.45, 7) is -0.637. The number of hydrogen-bond acceptors (Lipinski definition) is 7. The van der Waals surface area contributed by atoms with E-state index in [0.717, 1.165) is 17.0 Å². The molecule has 0 unspecified atom stereocenters. The van der Waals surface area contributed by atoms with E-state index in [1.54, 1.807) is 0 Å². The highest BCUT2D eigenvalue weighted by Crippen LogP contribution is 2.35. The Kier molecular flexibility index (Phi) is 7.20. The quantitative estimate of drug-likeness (QED) is 0.351. The largest absolute Gasteiger partial charge is 0.489 e. The van der Waals surface area contributed by atoms with E-state index in [-0.39, 0.29) is 41.3 Å². The SMILES string of the molecule is COCCOc1ccc(C(F)(F)F)cc1NC(=O)COC(=O)c1ccc2c(c1)C(=O)N(C)C2=O. The summed E-state index contributed by atoms with van der Waals surface area (Å²) in [4.78, 5) is 49.4. The van der Waals surface area contributed by atoms with E-state index in [2.05, 4.69) is 5.32 Å². The van der Waals surface area contributed by atoms with Gasteiger partial charge < -0.3 is 19.5 Å². The summed E-state index contributed by atoms with van der Waals surface area (Å²) in [6.07, 6.45) is -4.66. The van der Waals surface area contributed by atoms with Crippen LogP contribution in [0.15, 0.2) is 36.4 Å². The second-order valence-electron chi connectivity index (χ2n) is 7.10. The second kappa shape index (κ2) is 9.91. The number of imide groups is 1. The van der Waals surface area contributed by atoms with Crippen molar-refractivity contribution in [2.45, 2.75) is 6.18 Å². The molecule has 9 nitrogen and oxygen atoms in total. The highest BCUT2D eigenvalue weighted by molar-refractivity contribution is 6.21. The van der Waals surface area contributed by atoms with Crippen LogP contribution in [0.25, 0.3) is 0 Å². The van der Waals surface area contributed by atoms with E-state index in [1.807, 2.05) is 0 Å². The number of rotatable bonds is 8. The maximum atomic E-state index is 13.1. The van der Waals surface area contributed by atoms with Crippen LogP contribution in [0.1, 0.15) is 36.6 Å². The molecular weight excluding hydrogens is 461 g/mol. The topological polar surface area (TPSA) is 111 Å². The molecule has 0 aromatic heterocycles. The van der Waals surface area contributed by atoms with Crippen molar-refractivity contribution >= 4 is 29.4 Å². The fraction of sp³-hybridized carbons (Fsp3) is 0.273. The monoisotopic (exact) mass is 480 g/mol. The molecule has 3 amide bonds. The van der Waals surface area contributed by atoms with Crippen molar-refractivity contribution < 1.29 is 46.6 Å². The van der Waals surface area contributed by atoms with E-state index in [0.29, 0.717) is 6.07 Å². The summed E-state index contributed by atoms with van der Waals surface area (Å²) in [5.41, 5.74) is -1.20. The minimum atomic E-state index is -4.66. The first-order valence-electron chi connectivity index (χ1n) is 9.79. The first-order valence-corrected chi connectivity index (χ1v) is 9.79. The van der Waals surface area contributed by atoms with Gasteiger partial charge in [0, 0.05) is 14.2 Å². The van der Waals surface area contributed by atoms with Crippen molar-refractivity contribution in [3.8, 4) is 5.75 Å². The van der Waals surface area contributed by atoms with Crippen molar-refractivity contribution in [3.63, 3.8) is 0 Å². The Morgan fingerprint density at radius 2 is 1.71 bits per heavy atom. The predicted octanol–water partition coefficient (Wildman–Crippen LogP) is 2.75. The molecule has 12 heteroatoms. The maximum Gasteiger partial charge on any atom is 0.416 e. The summed E-state index contributed by atoms with van der Waals surface area (Å²) in [5, 5.41) is 2.23. The Labute approximate surface area is 191 Å². The van der Waals surface area contributed by atoms with Crippen molar-refractivity contribution in [1.82, 2.24) is 4.90 Å². The molecule has 2 aromatic carbocycles. The number of alkyl halides is 3. The number of nitrogens with one attached hydrogen (secondary N) is 1. The third-order valence-electron chi connectivity index (χ3n) is 4.79. The van der Waals surface area contributed by atoms with Gasteiger partial charge in [0.25, 0.3) is 17.7 Å². The first kappa shape index (κ1) is 24.7. The number of esters is 1. The molecule has 2 aromatic rings. The van der Waals surface area contributed by atoms with Gasteiger partial charge in [-0.1, -0.05) is 0 Å². The maximum absolute atomic E-state index is 13.1. The van der Waals surface area contributed by atoms with E-state index in [9.17, 15) is 32.3 Å². The molecule has 0 aliphatic carbocycles. The molecule has 1 N–H and O–H groups in total. The average Bonchev–Trinajstić information content (AvgIpc) is 3.01. The Morgan fingerprint density at radius 3 is 2.38 bits per heavy atom. The van der Waals surface area contributed by atoms with Gasteiger partial charge in [-0.25, -0.2) is 4.79 Å². The van der Waals surface area contributed by atoms with Crippen LogP contribution in [-0.2, 0) is 20.4 Å². The van der Waals surface area contributed by atoms with Crippen molar-refractivity contribution in [2.24, 2.45) is 0 Å². The van der Waals surface area contributed by atoms with Gasteiger partial charge in [0.15, 0.2) is 6.61 Å². The molecule has 3 rings (SSSR count). The predicted molar refractivity (Wildman–Crippen MR) is 111 cm³/mol. The summed E-state index contributed by atoms with van der Waals surface area (Å²) in [5.74, 6) is -3.01. The fourth-order valence-electron chi connectivity index (χ4n) is 3.05.